The van der Waals surface area contributed by atoms with Gasteiger partial charge in [-0.05, 0) is 20.8 Å². The number of amides is 1. The quantitative estimate of drug-likeness (QED) is 0.690. The van der Waals surface area contributed by atoms with E-state index in [2.05, 4.69) is 0 Å². The van der Waals surface area contributed by atoms with E-state index >= 15 is 0 Å². The monoisotopic (exact) mass is 172 g/mol. The maximum atomic E-state index is 11.4. The van der Waals surface area contributed by atoms with Gasteiger partial charge >= 0.3 is 0 Å². The maximum absolute atomic E-state index is 11.4. The van der Waals surface area contributed by atoms with E-state index in [-0.39, 0.29) is 11.4 Å². The van der Waals surface area contributed by atoms with Crippen LogP contribution in [0.25, 0.3) is 0 Å². The number of carbonyl (C=O) groups is 1. The Bertz CT molecular complexity index is 149. The summed E-state index contributed by atoms with van der Waals surface area (Å²) >= 11 is 0. The van der Waals surface area contributed by atoms with Gasteiger partial charge in [0, 0.05) is 25.0 Å². The molecular formula is C9H20N2O. The van der Waals surface area contributed by atoms with Crippen LogP contribution in [-0.4, -0.2) is 29.4 Å². The summed E-state index contributed by atoms with van der Waals surface area (Å²) in [4.78, 5) is 13.2. The molecule has 0 aromatic carbocycles. The number of hydrogen-bond acceptors (Lipinski definition) is 2. The molecule has 0 aromatic rings. The van der Waals surface area contributed by atoms with E-state index in [0.29, 0.717) is 19.5 Å². The molecule has 3 nitrogen and oxygen atoms in total. The Balaban J connectivity index is 4.33. The highest BCUT2D eigenvalue weighted by molar-refractivity contribution is 5.76. The number of hydrogen-bond donors (Lipinski definition) is 1. The normalized spacial score (nSPS) is 11.4. The second-order valence-electron chi connectivity index (χ2n) is 3.86. The van der Waals surface area contributed by atoms with Gasteiger partial charge in [0.2, 0.25) is 5.91 Å². The van der Waals surface area contributed by atoms with Gasteiger partial charge in [-0.15, -0.1) is 0 Å². The molecule has 0 aliphatic carbocycles. The fraction of sp³-hybridized carbons (Fsp3) is 0.889. The van der Waals surface area contributed by atoms with Crippen LogP contribution < -0.4 is 5.73 Å². The zero-order valence-corrected chi connectivity index (χ0v) is 8.55. The number of nitrogens with zero attached hydrogens (tertiary/aromatic N) is 1. The summed E-state index contributed by atoms with van der Waals surface area (Å²) in [5.74, 6) is 0.174. The minimum atomic E-state index is -0.105. The Morgan fingerprint density at radius 1 is 1.42 bits per heavy atom. The van der Waals surface area contributed by atoms with Crippen LogP contribution in [0.2, 0.25) is 0 Å². The van der Waals surface area contributed by atoms with Gasteiger partial charge in [-0.25, -0.2) is 0 Å². The Morgan fingerprint density at radius 3 is 2.17 bits per heavy atom. The fourth-order valence-electron chi connectivity index (χ4n) is 1.15. The largest absolute Gasteiger partial charge is 0.337 e. The third kappa shape index (κ3) is 3.22. The lowest BCUT2D eigenvalue weighted by Gasteiger charge is -2.35. The Kier molecular flexibility index (Phi) is 4.24. The number of rotatable bonds is 3. The molecule has 0 radical (unpaired) electrons. The molecule has 0 atom stereocenters. The molecule has 1 amide bonds. The van der Waals surface area contributed by atoms with Crippen molar-refractivity contribution in [2.24, 2.45) is 5.73 Å². The van der Waals surface area contributed by atoms with Gasteiger partial charge in [-0.3, -0.25) is 4.79 Å². The maximum Gasteiger partial charge on any atom is 0.222 e. The molecule has 72 valence electrons. The second-order valence-corrected chi connectivity index (χ2v) is 3.86. The highest BCUT2D eigenvalue weighted by Gasteiger charge is 2.23. The van der Waals surface area contributed by atoms with Crippen molar-refractivity contribution >= 4 is 5.91 Å². The first-order valence-electron chi connectivity index (χ1n) is 4.44. The highest BCUT2D eigenvalue weighted by Crippen LogP contribution is 2.13. The number of carbonyl (C=O) groups excluding carboxylic acids is 1. The Morgan fingerprint density at radius 2 is 1.92 bits per heavy atom. The standard InChI is InChI=1S/C9H20N2O/c1-5-8(12)11(7-6-10)9(2,3)4/h5-7,10H2,1-4H3. The van der Waals surface area contributed by atoms with Gasteiger partial charge in [0.15, 0.2) is 0 Å². The van der Waals surface area contributed by atoms with E-state index in [1.807, 2.05) is 32.6 Å². The van der Waals surface area contributed by atoms with Gasteiger partial charge in [0.05, 0.1) is 0 Å². The van der Waals surface area contributed by atoms with Crippen molar-refractivity contribution < 1.29 is 4.79 Å². The van der Waals surface area contributed by atoms with Crippen LogP contribution >= 0.6 is 0 Å². The summed E-state index contributed by atoms with van der Waals surface area (Å²) in [5, 5.41) is 0. The molecule has 3 heteroatoms. The van der Waals surface area contributed by atoms with Crippen LogP contribution in [0.5, 0.6) is 0 Å². The average Bonchev–Trinajstić information content (AvgIpc) is 1.96. The minimum absolute atomic E-state index is 0.105. The minimum Gasteiger partial charge on any atom is -0.337 e. The van der Waals surface area contributed by atoms with Crippen LogP contribution in [-0.2, 0) is 4.79 Å². The lowest BCUT2D eigenvalue weighted by Crippen LogP contribution is -2.47. The van der Waals surface area contributed by atoms with E-state index in [0.717, 1.165) is 0 Å². The molecule has 12 heavy (non-hydrogen) atoms. The number of nitrogens with two attached hydrogens (primary N) is 1. The smallest absolute Gasteiger partial charge is 0.222 e. The summed E-state index contributed by atoms with van der Waals surface area (Å²) < 4.78 is 0. The third-order valence-electron chi connectivity index (χ3n) is 1.77. The molecule has 0 saturated heterocycles. The van der Waals surface area contributed by atoms with Crippen molar-refractivity contribution in [3.63, 3.8) is 0 Å². The molecule has 0 aliphatic rings. The topological polar surface area (TPSA) is 46.3 Å². The highest BCUT2D eigenvalue weighted by atomic mass is 16.2. The third-order valence-corrected chi connectivity index (χ3v) is 1.77. The van der Waals surface area contributed by atoms with Crippen molar-refractivity contribution in [2.75, 3.05) is 13.1 Å². The van der Waals surface area contributed by atoms with Crippen LogP contribution in [0.1, 0.15) is 34.1 Å². The predicted octanol–water partition coefficient (Wildman–Crippen LogP) is 0.982. The van der Waals surface area contributed by atoms with E-state index in [9.17, 15) is 4.79 Å². The van der Waals surface area contributed by atoms with E-state index < -0.39 is 0 Å². The zero-order chi connectivity index (χ0) is 9.78. The average molecular weight is 172 g/mol. The molecule has 0 unspecified atom stereocenters. The second kappa shape index (κ2) is 4.45. The molecule has 0 saturated carbocycles. The molecule has 2 N–H and O–H groups in total. The molecule has 0 aromatic heterocycles. The SMILES string of the molecule is CCC(=O)N(CCN)C(C)(C)C. The summed E-state index contributed by atoms with van der Waals surface area (Å²) in [7, 11) is 0. The first-order chi connectivity index (χ1) is 5.43. The van der Waals surface area contributed by atoms with Gasteiger partial charge in [-0.1, -0.05) is 6.92 Å². The molecule has 0 aliphatic heterocycles. The molecule has 0 spiro atoms. The van der Waals surface area contributed by atoms with Crippen molar-refractivity contribution in [1.82, 2.24) is 4.90 Å². The van der Waals surface area contributed by atoms with Crippen molar-refractivity contribution in [3.8, 4) is 0 Å². The van der Waals surface area contributed by atoms with Gasteiger partial charge in [0.25, 0.3) is 0 Å². The lowest BCUT2D eigenvalue weighted by atomic mass is 10.1. The van der Waals surface area contributed by atoms with Crippen LogP contribution in [0.4, 0.5) is 0 Å². The summed E-state index contributed by atoms with van der Waals surface area (Å²) in [5.41, 5.74) is 5.32. The van der Waals surface area contributed by atoms with Crippen molar-refractivity contribution in [1.29, 1.82) is 0 Å². The lowest BCUT2D eigenvalue weighted by molar-refractivity contribution is -0.135. The Labute approximate surface area is 74.9 Å². The van der Waals surface area contributed by atoms with E-state index in [1.54, 1.807) is 0 Å². The zero-order valence-electron chi connectivity index (χ0n) is 8.55. The van der Waals surface area contributed by atoms with Gasteiger partial charge < -0.3 is 10.6 Å². The van der Waals surface area contributed by atoms with Gasteiger partial charge in [0.1, 0.15) is 0 Å². The van der Waals surface area contributed by atoms with E-state index in [4.69, 9.17) is 5.73 Å². The fourth-order valence-corrected chi connectivity index (χ4v) is 1.15. The predicted molar refractivity (Wildman–Crippen MR) is 50.8 cm³/mol. The van der Waals surface area contributed by atoms with Crippen LogP contribution in [0, 0.1) is 0 Å². The van der Waals surface area contributed by atoms with Gasteiger partial charge in [-0.2, -0.15) is 0 Å². The van der Waals surface area contributed by atoms with Crippen LogP contribution in [0.3, 0.4) is 0 Å². The van der Waals surface area contributed by atoms with Crippen molar-refractivity contribution in [3.05, 3.63) is 0 Å². The van der Waals surface area contributed by atoms with Crippen LogP contribution in [0.15, 0.2) is 0 Å². The van der Waals surface area contributed by atoms with Crippen molar-refractivity contribution in [2.45, 2.75) is 39.7 Å². The van der Waals surface area contributed by atoms with E-state index in [1.165, 1.54) is 0 Å². The summed E-state index contributed by atoms with van der Waals surface area (Å²) in [6.07, 6.45) is 0.553. The molecular weight excluding hydrogens is 152 g/mol. The molecule has 0 heterocycles. The molecule has 0 rings (SSSR count). The first kappa shape index (κ1) is 11.4. The summed E-state index contributed by atoms with van der Waals surface area (Å²) in [6, 6.07) is 0. The molecule has 0 fully saturated rings. The Hall–Kier alpha value is -0.570. The molecule has 0 bridgehead atoms. The first-order valence-corrected chi connectivity index (χ1v) is 4.44. The summed E-state index contributed by atoms with van der Waals surface area (Å²) in [6.45, 7) is 9.12.